The fourth-order valence-electron chi connectivity index (χ4n) is 2.95. The number of hydrogen-bond acceptors (Lipinski definition) is 4. The molecule has 25 heavy (non-hydrogen) atoms. The Morgan fingerprint density at radius 3 is 2.72 bits per heavy atom. The summed E-state index contributed by atoms with van der Waals surface area (Å²) >= 11 is 0. The Hall–Kier alpha value is -2.82. The van der Waals surface area contributed by atoms with Gasteiger partial charge >= 0.3 is 6.18 Å². The molecule has 1 aromatic heterocycles. The molecule has 1 atom stereocenters. The van der Waals surface area contributed by atoms with Crippen LogP contribution in [0.25, 0.3) is 5.70 Å². The van der Waals surface area contributed by atoms with Crippen LogP contribution < -0.4 is 5.32 Å². The number of anilines is 1. The van der Waals surface area contributed by atoms with Gasteiger partial charge in [-0.1, -0.05) is 13.8 Å². The lowest BCUT2D eigenvalue weighted by atomic mass is 9.86. The third kappa shape index (κ3) is 3.36. The van der Waals surface area contributed by atoms with E-state index in [-0.39, 0.29) is 17.0 Å². The molecule has 1 aliphatic carbocycles. The SMILES string of the molecule is CC1(C)CC(n2cncn2)=CC1Nc1ccc(C#N)c(C(F)(F)F)c1. The summed E-state index contributed by atoms with van der Waals surface area (Å²) < 4.78 is 41.0. The minimum absolute atomic E-state index is 0.180. The Morgan fingerprint density at radius 1 is 1.36 bits per heavy atom. The second-order valence-corrected chi connectivity index (χ2v) is 6.66. The zero-order valence-electron chi connectivity index (χ0n) is 13.7. The van der Waals surface area contributed by atoms with E-state index in [2.05, 4.69) is 15.4 Å². The van der Waals surface area contributed by atoms with Gasteiger partial charge in [-0.25, -0.2) is 9.67 Å². The molecule has 1 N–H and O–H groups in total. The molecule has 3 rings (SSSR count). The number of nitrogens with one attached hydrogen (secondary N) is 1. The van der Waals surface area contributed by atoms with Crippen molar-refractivity contribution in [2.75, 3.05) is 5.32 Å². The molecule has 2 aromatic rings. The lowest BCUT2D eigenvalue weighted by Gasteiger charge is -2.28. The van der Waals surface area contributed by atoms with Crippen molar-refractivity contribution in [2.45, 2.75) is 32.5 Å². The summed E-state index contributed by atoms with van der Waals surface area (Å²) in [4.78, 5) is 3.92. The van der Waals surface area contributed by atoms with Gasteiger partial charge in [-0.15, -0.1) is 0 Å². The molecule has 0 spiro atoms. The number of rotatable bonds is 3. The highest BCUT2D eigenvalue weighted by atomic mass is 19.4. The molecule has 130 valence electrons. The van der Waals surface area contributed by atoms with Crippen LogP contribution in [0.2, 0.25) is 0 Å². The van der Waals surface area contributed by atoms with Crippen LogP contribution in [0.3, 0.4) is 0 Å². The Balaban J connectivity index is 1.90. The number of benzene rings is 1. The lowest BCUT2D eigenvalue weighted by Crippen LogP contribution is -2.31. The predicted molar refractivity (Wildman–Crippen MR) is 86.3 cm³/mol. The topological polar surface area (TPSA) is 66.5 Å². The van der Waals surface area contributed by atoms with Crippen LogP contribution in [0, 0.1) is 16.7 Å². The number of nitrogens with zero attached hydrogens (tertiary/aromatic N) is 4. The van der Waals surface area contributed by atoms with Crippen molar-refractivity contribution >= 4 is 11.4 Å². The molecule has 5 nitrogen and oxygen atoms in total. The summed E-state index contributed by atoms with van der Waals surface area (Å²) in [5, 5.41) is 16.1. The third-order valence-corrected chi connectivity index (χ3v) is 4.32. The van der Waals surface area contributed by atoms with Crippen molar-refractivity contribution in [3.63, 3.8) is 0 Å². The van der Waals surface area contributed by atoms with Gasteiger partial charge in [0.2, 0.25) is 0 Å². The van der Waals surface area contributed by atoms with E-state index < -0.39 is 11.7 Å². The van der Waals surface area contributed by atoms with Crippen molar-refractivity contribution < 1.29 is 13.2 Å². The molecule has 0 saturated carbocycles. The minimum atomic E-state index is -4.57. The fraction of sp³-hybridized carbons (Fsp3) is 0.353. The van der Waals surface area contributed by atoms with Crippen LogP contribution in [0.4, 0.5) is 18.9 Å². The second-order valence-electron chi connectivity index (χ2n) is 6.66. The Bertz CT molecular complexity index is 844. The number of hydrogen-bond donors (Lipinski definition) is 1. The van der Waals surface area contributed by atoms with Crippen LogP contribution in [-0.2, 0) is 6.18 Å². The van der Waals surface area contributed by atoms with Gasteiger partial charge in [0.15, 0.2) is 0 Å². The van der Waals surface area contributed by atoms with Crippen molar-refractivity contribution in [3.05, 3.63) is 48.1 Å². The lowest BCUT2D eigenvalue weighted by molar-refractivity contribution is -0.137. The summed E-state index contributed by atoms with van der Waals surface area (Å²) in [7, 11) is 0. The molecule has 1 aliphatic rings. The molecule has 0 aliphatic heterocycles. The summed E-state index contributed by atoms with van der Waals surface area (Å²) in [6, 6.07) is 5.07. The van der Waals surface area contributed by atoms with E-state index in [1.807, 2.05) is 19.9 Å². The van der Waals surface area contributed by atoms with Crippen molar-refractivity contribution in [1.29, 1.82) is 5.26 Å². The van der Waals surface area contributed by atoms with E-state index in [9.17, 15) is 13.2 Å². The third-order valence-electron chi connectivity index (χ3n) is 4.32. The number of nitriles is 1. The Labute approximate surface area is 142 Å². The number of allylic oxidation sites excluding steroid dienone is 1. The first kappa shape index (κ1) is 17.0. The van der Waals surface area contributed by atoms with Gasteiger partial charge < -0.3 is 5.32 Å². The van der Waals surface area contributed by atoms with Crippen LogP contribution >= 0.6 is 0 Å². The molecule has 1 heterocycles. The van der Waals surface area contributed by atoms with Crippen LogP contribution in [0.1, 0.15) is 31.4 Å². The van der Waals surface area contributed by atoms with Crippen LogP contribution in [-0.4, -0.2) is 20.8 Å². The molecule has 0 saturated heterocycles. The monoisotopic (exact) mass is 347 g/mol. The number of aromatic nitrogens is 3. The molecule has 8 heteroatoms. The second kappa shape index (κ2) is 5.92. The standard InChI is InChI=1S/C17H16F3N5/c1-16(2)7-13(25-10-22-9-23-25)6-15(16)24-12-4-3-11(8-21)14(5-12)17(18,19)20/h3-6,9-10,15,24H,7H2,1-2H3. The maximum absolute atomic E-state index is 13.1. The maximum atomic E-state index is 13.1. The van der Waals surface area contributed by atoms with E-state index in [1.165, 1.54) is 18.5 Å². The first-order valence-corrected chi connectivity index (χ1v) is 7.64. The Morgan fingerprint density at radius 2 is 2.12 bits per heavy atom. The van der Waals surface area contributed by atoms with E-state index in [0.29, 0.717) is 12.1 Å². The van der Waals surface area contributed by atoms with E-state index in [1.54, 1.807) is 17.1 Å². The summed E-state index contributed by atoms with van der Waals surface area (Å²) in [5.41, 5.74) is -0.280. The van der Waals surface area contributed by atoms with Crippen molar-refractivity contribution in [2.24, 2.45) is 5.41 Å². The first-order chi connectivity index (χ1) is 11.7. The molecular weight excluding hydrogens is 331 g/mol. The number of halogens is 3. The number of alkyl halides is 3. The summed E-state index contributed by atoms with van der Waals surface area (Å²) in [6.07, 6.45) is 1.10. The average molecular weight is 347 g/mol. The molecule has 0 amide bonds. The van der Waals surface area contributed by atoms with Gasteiger partial charge in [0.1, 0.15) is 12.7 Å². The molecule has 0 bridgehead atoms. The average Bonchev–Trinajstić information content (AvgIpc) is 3.15. The van der Waals surface area contributed by atoms with E-state index in [4.69, 9.17) is 5.26 Å². The highest BCUT2D eigenvalue weighted by molar-refractivity contribution is 5.58. The van der Waals surface area contributed by atoms with Crippen LogP contribution in [0.15, 0.2) is 36.9 Å². The molecular formula is C17H16F3N5. The largest absolute Gasteiger partial charge is 0.417 e. The first-order valence-electron chi connectivity index (χ1n) is 7.64. The van der Waals surface area contributed by atoms with E-state index >= 15 is 0 Å². The fourth-order valence-corrected chi connectivity index (χ4v) is 2.95. The van der Waals surface area contributed by atoms with Crippen molar-refractivity contribution in [1.82, 2.24) is 14.8 Å². The predicted octanol–water partition coefficient (Wildman–Crippen LogP) is 3.92. The molecule has 0 radical (unpaired) electrons. The minimum Gasteiger partial charge on any atom is -0.378 e. The van der Waals surface area contributed by atoms with Gasteiger partial charge in [-0.2, -0.15) is 23.5 Å². The van der Waals surface area contributed by atoms with Gasteiger partial charge in [0, 0.05) is 11.4 Å². The zero-order valence-corrected chi connectivity index (χ0v) is 13.7. The summed E-state index contributed by atoms with van der Waals surface area (Å²) in [6.45, 7) is 4.05. The highest BCUT2D eigenvalue weighted by Crippen LogP contribution is 2.41. The zero-order chi connectivity index (χ0) is 18.2. The highest BCUT2D eigenvalue weighted by Gasteiger charge is 2.37. The van der Waals surface area contributed by atoms with Crippen LogP contribution in [0.5, 0.6) is 0 Å². The summed E-state index contributed by atoms with van der Waals surface area (Å²) in [5.74, 6) is 0. The van der Waals surface area contributed by atoms with Gasteiger partial charge in [0.25, 0.3) is 0 Å². The normalized spacial score (nSPS) is 19.4. The Kier molecular flexibility index (Phi) is 4.03. The van der Waals surface area contributed by atoms with E-state index in [0.717, 1.165) is 11.8 Å². The quantitative estimate of drug-likeness (QED) is 0.914. The van der Waals surface area contributed by atoms with Gasteiger partial charge in [0.05, 0.1) is 23.2 Å². The van der Waals surface area contributed by atoms with Crippen molar-refractivity contribution in [3.8, 4) is 6.07 Å². The molecule has 1 unspecified atom stereocenters. The van der Waals surface area contributed by atoms with Gasteiger partial charge in [-0.3, -0.25) is 0 Å². The molecule has 0 fully saturated rings. The maximum Gasteiger partial charge on any atom is 0.417 e. The van der Waals surface area contributed by atoms with Gasteiger partial charge in [-0.05, 0) is 36.1 Å². The smallest absolute Gasteiger partial charge is 0.378 e. The molecule has 1 aromatic carbocycles.